The molecule has 2 aliphatic rings. The highest BCUT2D eigenvalue weighted by molar-refractivity contribution is 6.28. The second-order valence-corrected chi connectivity index (χ2v) is 7.73. The Balaban J connectivity index is 1.70. The van der Waals surface area contributed by atoms with Crippen LogP contribution >= 0.6 is 0 Å². The Kier molecular flexibility index (Phi) is 5.41. The fourth-order valence-electron chi connectivity index (χ4n) is 4.03. The maximum absolute atomic E-state index is 12.0. The van der Waals surface area contributed by atoms with Crippen molar-refractivity contribution in [2.75, 3.05) is 0 Å². The van der Waals surface area contributed by atoms with E-state index in [4.69, 9.17) is 4.74 Å². The predicted molar refractivity (Wildman–Crippen MR) is 130 cm³/mol. The molecule has 11 heteroatoms. The molecule has 0 atom stereocenters. The largest absolute Gasteiger partial charge is 0.455 e. The summed E-state index contributed by atoms with van der Waals surface area (Å²) >= 11 is 0. The summed E-state index contributed by atoms with van der Waals surface area (Å²) in [7, 11) is 0. The van der Waals surface area contributed by atoms with Crippen LogP contribution in [0.4, 0.5) is 11.4 Å². The van der Waals surface area contributed by atoms with E-state index in [1.807, 2.05) is 6.07 Å². The molecule has 0 saturated heterocycles. The fourth-order valence-corrected chi connectivity index (χ4v) is 4.03. The molecule has 0 unspecified atom stereocenters. The van der Waals surface area contributed by atoms with Crippen molar-refractivity contribution in [3.05, 3.63) is 137 Å². The second kappa shape index (κ2) is 8.72. The van der Waals surface area contributed by atoms with E-state index in [0.29, 0.717) is 22.6 Å². The van der Waals surface area contributed by atoms with Crippen molar-refractivity contribution < 1.29 is 19.5 Å². The Hall–Kier alpha value is -5.45. The summed E-state index contributed by atoms with van der Waals surface area (Å²) in [6.07, 6.45) is 2.31. The van der Waals surface area contributed by atoms with E-state index in [1.165, 1.54) is 24.3 Å². The number of ether oxygens (including phenoxy) is 1. The summed E-state index contributed by atoms with van der Waals surface area (Å²) in [5.74, 6) is 0.839. The zero-order valence-electron chi connectivity index (χ0n) is 18.2. The molecule has 0 aromatic heterocycles. The van der Waals surface area contributed by atoms with Crippen LogP contribution < -0.4 is 4.74 Å². The van der Waals surface area contributed by atoms with E-state index in [9.17, 15) is 30.3 Å². The van der Waals surface area contributed by atoms with E-state index in [0.717, 1.165) is 6.08 Å². The molecule has 3 aromatic rings. The van der Waals surface area contributed by atoms with E-state index in [1.54, 1.807) is 48.5 Å². The number of fused-ring (bicyclic) bond motifs is 3. The van der Waals surface area contributed by atoms with Gasteiger partial charge in [0.05, 0.1) is 26.4 Å². The third kappa shape index (κ3) is 3.90. The summed E-state index contributed by atoms with van der Waals surface area (Å²) in [5.41, 5.74) is -0.233. The van der Waals surface area contributed by atoms with Gasteiger partial charge >= 0.3 is 5.70 Å². The lowest BCUT2D eigenvalue weighted by molar-refractivity contribution is -0.428. The van der Waals surface area contributed by atoms with Crippen LogP contribution in [0.25, 0.3) is 11.6 Å². The molecule has 0 bridgehead atoms. The monoisotopic (exact) mass is 482 g/mol. The maximum Gasteiger partial charge on any atom is 0.302 e. The minimum absolute atomic E-state index is 0.107. The van der Waals surface area contributed by atoms with Gasteiger partial charge in [0, 0.05) is 17.7 Å². The Morgan fingerprint density at radius 3 is 2.17 bits per heavy atom. The lowest BCUT2D eigenvalue weighted by Crippen LogP contribution is -2.20. The van der Waals surface area contributed by atoms with Crippen molar-refractivity contribution in [1.29, 1.82) is 0 Å². The number of nitrogens with zero attached hydrogens (tertiary/aromatic N) is 4. The first-order chi connectivity index (χ1) is 17.3. The molecule has 0 N–H and O–H groups in total. The molecule has 0 spiro atoms. The van der Waals surface area contributed by atoms with E-state index >= 15 is 0 Å². The molecule has 176 valence electrons. The number of hydrogen-bond acceptors (Lipinski definition) is 8. The summed E-state index contributed by atoms with van der Waals surface area (Å²) < 4.78 is 5.91. The zero-order valence-corrected chi connectivity index (χ0v) is 18.2. The Morgan fingerprint density at radius 1 is 0.750 bits per heavy atom. The first kappa shape index (κ1) is 22.3. The van der Waals surface area contributed by atoms with Crippen molar-refractivity contribution >= 4 is 28.7 Å². The molecule has 0 saturated carbocycles. The number of benzene rings is 3. The van der Waals surface area contributed by atoms with Gasteiger partial charge in [-0.3, -0.25) is 30.3 Å². The van der Waals surface area contributed by atoms with Crippen LogP contribution in [0.3, 0.4) is 0 Å². The topological polar surface area (TPSA) is 151 Å². The Labute approximate surface area is 202 Å². The average Bonchev–Trinajstić information content (AvgIpc) is 3.24. The zero-order chi connectivity index (χ0) is 25.4. The van der Waals surface area contributed by atoms with Gasteiger partial charge in [0.15, 0.2) is 5.75 Å². The van der Waals surface area contributed by atoms with Crippen LogP contribution in [-0.4, -0.2) is 20.5 Å². The third-order valence-electron chi connectivity index (χ3n) is 5.57. The fraction of sp³-hybridized carbons (Fsp3) is 0. The molecule has 11 nitrogen and oxygen atoms in total. The molecular weight excluding hydrogens is 468 g/mol. The van der Waals surface area contributed by atoms with Crippen molar-refractivity contribution in [3.63, 3.8) is 0 Å². The smallest absolute Gasteiger partial charge is 0.302 e. The Bertz CT molecular complexity index is 1590. The summed E-state index contributed by atoms with van der Waals surface area (Å²) in [5, 5.41) is 35.1. The van der Waals surface area contributed by atoms with Gasteiger partial charge in [-0.15, -0.1) is 0 Å². The van der Waals surface area contributed by atoms with Gasteiger partial charge in [-0.05, 0) is 47.5 Å². The molecule has 0 radical (unpaired) electrons. The number of hydrogen-bond donors (Lipinski definition) is 0. The molecule has 0 aliphatic heterocycles. The predicted octanol–water partition coefficient (Wildman–Crippen LogP) is 5.72. The number of allylic oxidation sites excluding steroid dienone is 3. The number of nitro groups is 3. The van der Waals surface area contributed by atoms with Crippen LogP contribution in [0.15, 0.2) is 101 Å². The molecule has 5 rings (SSSR count). The first-order valence-corrected chi connectivity index (χ1v) is 10.5. The molecular formula is C25H14N4O7. The van der Waals surface area contributed by atoms with Gasteiger partial charge in [-0.2, -0.15) is 0 Å². The molecule has 0 fully saturated rings. The van der Waals surface area contributed by atoms with Crippen molar-refractivity contribution in [1.82, 2.24) is 0 Å². The minimum atomic E-state index is -0.744. The average molecular weight is 482 g/mol. The second-order valence-electron chi connectivity index (χ2n) is 7.73. The van der Waals surface area contributed by atoms with Gasteiger partial charge in [0.2, 0.25) is 0 Å². The SMILES string of the molecule is O=[N+]([O-])C1=CC([N+](=O)[O-])=C2C(=Cc3cc([N+](=O)[O-])ccc32)C1=Nc1ccccc1Oc1ccccc1. The van der Waals surface area contributed by atoms with Crippen LogP contribution in [0.2, 0.25) is 0 Å². The highest BCUT2D eigenvalue weighted by Crippen LogP contribution is 2.45. The highest BCUT2D eigenvalue weighted by atomic mass is 16.6. The lowest BCUT2D eigenvalue weighted by Gasteiger charge is -2.15. The number of rotatable bonds is 6. The van der Waals surface area contributed by atoms with Crippen molar-refractivity contribution in [2.45, 2.75) is 0 Å². The van der Waals surface area contributed by atoms with Crippen LogP contribution in [0.5, 0.6) is 11.5 Å². The number of para-hydroxylation sites is 3. The van der Waals surface area contributed by atoms with E-state index in [2.05, 4.69) is 4.99 Å². The van der Waals surface area contributed by atoms with Crippen LogP contribution in [0.1, 0.15) is 11.1 Å². The number of nitro benzene ring substituents is 1. The van der Waals surface area contributed by atoms with E-state index in [-0.39, 0.29) is 28.2 Å². The summed E-state index contributed by atoms with van der Waals surface area (Å²) in [4.78, 5) is 37.5. The molecule has 0 amide bonds. The standard InChI is InChI=1S/C25H14N4O7/c30-27(31)16-10-11-18-15(12-16)13-19-24(18)21(28(32)33)14-22(29(34)35)25(19)26-20-8-4-5-9-23(20)36-17-6-2-1-3-7-17/h1-14H. The van der Waals surface area contributed by atoms with Gasteiger partial charge < -0.3 is 4.74 Å². The summed E-state index contributed by atoms with van der Waals surface area (Å²) in [6.45, 7) is 0. The third-order valence-corrected chi connectivity index (χ3v) is 5.57. The van der Waals surface area contributed by atoms with Crippen LogP contribution in [0, 0.1) is 30.3 Å². The molecule has 3 aromatic carbocycles. The Morgan fingerprint density at radius 2 is 1.47 bits per heavy atom. The molecule has 36 heavy (non-hydrogen) atoms. The summed E-state index contributed by atoms with van der Waals surface area (Å²) in [6, 6.07) is 19.4. The van der Waals surface area contributed by atoms with Gasteiger partial charge in [0.1, 0.15) is 17.1 Å². The van der Waals surface area contributed by atoms with Gasteiger partial charge in [0.25, 0.3) is 11.4 Å². The van der Waals surface area contributed by atoms with Gasteiger partial charge in [-0.25, -0.2) is 4.99 Å². The van der Waals surface area contributed by atoms with Gasteiger partial charge in [-0.1, -0.05) is 30.3 Å². The molecule has 2 aliphatic carbocycles. The first-order valence-electron chi connectivity index (χ1n) is 10.5. The quantitative estimate of drug-likeness (QED) is 0.322. The maximum atomic E-state index is 12.0. The minimum Gasteiger partial charge on any atom is -0.455 e. The number of aliphatic imine (C=N–C) groups is 1. The van der Waals surface area contributed by atoms with Crippen molar-refractivity contribution in [2.24, 2.45) is 4.99 Å². The van der Waals surface area contributed by atoms with E-state index < -0.39 is 26.2 Å². The normalized spacial score (nSPS) is 15.1. The van der Waals surface area contributed by atoms with Crippen molar-refractivity contribution in [3.8, 4) is 11.5 Å². The molecule has 0 heterocycles. The van der Waals surface area contributed by atoms with Crippen LogP contribution in [-0.2, 0) is 0 Å². The number of non-ortho nitro benzene ring substituents is 1. The lowest BCUT2D eigenvalue weighted by atomic mass is 9.91. The highest BCUT2D eigenvalue weighted by Gasteiger charge is 2.41.